The maximum absolute atomic E-state index is 12.3. The molecule has 0 amide bonds. The van der Waals surface area contributed by atoms with Gasteiger partial charge in [0.25, 0.3) is 0 Å². The average molecular weight is 347 g/mol. The Bertz CT molecular complexity index is 552. The Morgan fingerprint density at radius 3 is 2.58 bits per heavy atom. The zero-order valence-electron chi connectivity index (χ0n) is 11.2. The van der Waals surface area contributed by atoms with E-state index in [1.165, 1.54) is 4.31 Å². The van der Waals surface area contributed by atoms with E-state index in [1.807, 2.05) is 19.1 Å². The van der Waals surface area contributed by atoms with Crippen LogP contribution in [0.15, 0.2) is 22.7 Å². The van der Waals surface area contributed by atoms with Crippen molar-refractivity contribution in [3.8, 4) is 0 Å². The maximum atomic E-state index is 12.3. The number of benzene rings is 1. The second kappa shape index (κ2) is 5.81. The Morgan fingerprint density at radius 2 is 1.95 bits per heavy atom. The number of halogens is 1. The normalized spacial score (nSPS) is 18.5. The lowest BCUT2D eigenvalue weighted by atomic mass is 10.0. The highest BCUT2D eigenvalue weighted by Crippen LogP contribution is 2.26. The van der Waals surface area contributed by atoms with Crippen LogP contribution in [0.3, 0.4) is 0 Å². The highest BCUT2D eigenvalue weighted by atomic mass is 79.9. The van der Waals surface area contributed by atoms with E-state index in [0.717, 1.165) is 22.9 Å². The molecule has 106 valence electrons. The quantitative estimate of drug-likeness (QED) is 0.913. The van der Waals surface area contributed by atoms with Gasteiger partial charge in [-0.05, 0) is 43.4 Å². The van der Waals surface area contributed by atoms with Gasteiger partial charge >= 0.3 is 10.2 Å². The summed E-state index contributed by atoms with van der Waals surface area (Å²) in [6.45, 7) is 5.25. The number of anilines is 1. The summed E-state index contributed by atoms with van der Waals surface area (Å²) in [5.74, 6) is 0.610. The van der Waals surface area contributed by atoms with Gasteiger partial charge in [0.1, 0.15) is 0 Å². The summed E-state index contributed by atoms with van der Waals surface area (Å²) >= 11 is 3.41. The van der Waals surface area contributed by atoms with Crippen molar-refractivity contribution in [2.75, 3.05) is 17.8 Å². The van der Waals surface area contributed by atoms with Crippen LogP contribution in [-0.4, -0.2) is 25.8 Å². The second-order valence-corrected chi connectivity index (χ2v) is 7.63. The van der Waals surface area contributed by atoms with Crippen LogP contribution in [0.25, 0.3) is 0 Å². The van der Waals surface area contributed by atoms with E-state index in [0.29, 0.717) is 24.7 Å². The molecule has 0 radical (unpaired) electrons. The molecule has 0 aliphatic carbocycles. The van der Waals surface area contributed by atoms with Gasteiger partial charge in [0.15, 0.2) is 0 Å². The van der Waals surface area contributed by atoms with E-state index >= 15 is 0 Å². The number of hydrogen-bond acceptors (Lipinski definition) is 2. The van der Waals surface area contributed by atoms with E-state index in [2.05, 4.69) is 27.6 Å². The largest absolute Gasteiger partial charge is 0.301 e. The molecule has 1 aliphatic rings. The van der Waals surface area contributed by atoms with Crippen LogP contribution >= 0.6 is 15.9 Å². The molecular formula is C13H19BrN2O2S. The monoisotopic (exact) mass is 346 g/mol. The summed E-state index contributed by atoms with van der Waals surface area (Å²) in [6, 6.07) is 5.51. The first-order valence-corrected chi connectivity index (χ1v) is 8.66. The fourth-order valence-electron chi connectivity index (χ4n) is 2.15. The number of piperidine rings is 1. The molecule has 1 aromatic carbocycles. The van der Waals surface area contributed by atoms with Crippen LogP contribution in [0.1, 0.15) is 25.3 Å². The number of nitrogens with one attached hydrogen (secondary N) is 1. The van der Waals surface area contributed by atoms with Crippen molar-refractivity contribution in [1.82, 2.24) is 4.31 Å². The third kappa shape index (κ3) is 3.49. The molecule has 19 heavy (non-hydrogen) atoms. The fraction of sp³-hybridized carbons (Fsp3) is 0.538. The zero-order chi connectivity index (χ0) is 14.0. The molecule has 1 saturated heterocycles. The van der Waals surface area contributed by atoms with Gasteiger partial charge in [0.2, 0.25) is 0 Å². The lowest BCUT2D eigenvalue weighted by Gasteiger charge is -2.29. The van der Waals surface area contributed by atoms with Crippen molar-refractivity contribution in [3.63, 3.8) is 0 Å². The first-order chi connectivity index (χ1) is 8.90. The van der Waals surface area contributed by atoms with Gasteiger partial charge in [-0.25, -0.2) is 0 Å². The molecule has 0 aromatic heterocycles. The molecular weight excluding hydrogens is 328 g/mol. The van der Waals surface area contributed by atoms with Crippen molar-refractivity contribution in [3.05, 3.63) is 28.2 Å². The minimum Gasteiger partial charge on any atom is -0.271 e. The summed E-state index contributed by atoms with van der Waals surface area (Å²) in [7, 11) is -3.44. The van der Waals surface area contributed by atoms with Gasteiger partial charge in [0, 0.05) is 17.6 Å². The van der Waals surface area contributed by atoms with Crippen LogP contribution < -0.4 is 4.72 Å². The number of hydrogen-bond donors (Lipinski definition) is 1. The molecule has 1 aliphatic heterocycles. The van der Waals surface area contributed by atoms with Crippen molar-refractivity contribution >= 4 is 31.8 Å². The van der Waals surface area contributed by atoms with Crippen LogP contribution in [0.2, 0.25) is 0 Å². The predicted molar refractivity (Wildman–Crippen MR) is 81.4 cm³/mol. The van der Waals surface area contributed by atoms with Crippen LogP contribution in [0.4, 0.5) is 5.69 Å². The third-order valence-electron chi connectivity index (χ3n) is 3.59. The highest BCUT2D eigenvalue weighted by Gasteiger charge is 2.26. The molecule has 1 heterocycles. The molecule has 1 N–H and O–H groups in total. The molecule has 2 rings (SSSR count). The van der Waals surface area contributed by atoms with Gasteiger partial charge in [-0.2, -0.15) is 12.7 Å². The van der Waals surface area contributed by atoms with Crippen molar-refractivity contribution in [2.45, 2.75) is 26.7 Å². The highest BCUT2D eigenvalue weighted by molar-refractivity contribution is 9.10. The van der Waals surface area contributed by atoms with E-state index < -0.39 is 10.2 Å². The maximum Gasteiger partial charge on any atom is 0.301 e. The molecule has 0 saturated carbocycles. The second-order valence-electron chi connectivity index (χ2n) is 5.10. The average Bonchev–Trinajstić information content (AvgIpc) is 2.35. The van der Waals surface area contributed by atoms with E-state index in [-0.39, 0.29) is 0 Å². The molecule has 6 heteroatoms. The molecule has 1 fully saturated rings. The summed E-state index contributed by atoms with van der Waals surface area (Å²) in [6.07, 6.45) is 1.86. The Balaban J connectivity index is 2.15. The Kier molecular flexibility index (Phi) is 4.53. The Morgan fingerprint density at radius 1 is 1.32 bits per heavy atom. The van der Waals surface area contributed by atoms with Crippen molar-refractivity contribution in [2.24, 2.45) is 5.92 Å². The van der Waals surface area contributed by atoms with E-state index in [9.17, 15) is 8.42 Å². The smallest absolute Gasteiger partial charge is 0.271 e. The standard InChI is InChI=1S/C13H19BrN2O2S/c1-10-6-8-16(9-7-10)19(17,18)15-13-5-3-4-12(14)11(13)2/h3-5,10,15H,6-9H2,1-2H3. The first kappa shape index (κ1) is 14.8. The fourth-order valence-corrected chi connectivity index (χ4v) is 3.83. The third-order valence-corrected chi connectivity index (χ3v) is 5.97. The number of rotatable bonds is 3. The molecule has 0 unspecified atom stereocenters. The van der Waals surface area contributed by atoms with Gasteiger partial charge < -0.3 is 0 Å². The molecule has 1 aromatic rings. The SMILES string of the molecule is Cc1c(Br)cccc1NS(=O)(=O)N1CCC(C)CC1. The topological polar surface area (TPSA) is 49.4 Å². The van der Waals surface area contributed by atoms with Gasteiger partial charge in [0.05, 0.1) is 5.69 Å². The van der Waals surface area contributed by atoms with Crippen molar-refractivity contribution in [1.29, 1.82) is 0 Å². The van der Waals surface area contributed by atoms with E-state index in [1.54, 1.807) is 6.07 Å². The summed E-state index contributed by atoms with van der Waals surface area (Å²) in [5.41, 5.74) is 1.53. The molecule has 0 atom stereocenters. The minimum absolute atomic E-state index is 0.601. The van der Waals surface area contributed by atoms with E-state index in [4.69, 9.17) is 0 Å². The predicted octanol–water partition coefficient (Wildman–Crippen LogP) is 3.15. The lowest BCUT2D eigenvalue weighted by molar-refractivity contribution is 0.289. The number of nitrogens with zero attached hydrogens (tertiary/aromatic N) is 1. The molecule has 0 bridgehead atoms. The minimum atomic E-state index is -3.44. The van der Waals surface area contributed by atoms with Gasteiger partial charge in [-0.1, -0.05) is 28.9 Å². The lowest BCUT2D eigenvalue weighted by Crippen LogP contribution is -2.41. The first-order valence-electron chi connectivity index (χ1n) is 6.43. The summed E-state index contributed by atoms with van der Waals surface area (Å²) in [4.78, 5) is 0. The van der Waals surface area contributed by atoms with Gasteiger partial charge in [-0.15, -0.1) is 0 Å². The van der Waals surface area contributed by atoms with Crippen LogP contribution in [0, 0.1) is 12.8 Å². The Labute approximate surface area is 123 Å². The van der Waals surface area contributed by atoms with Crippen LogP contribution in [-0.2, 0) is 10.2 Å². The van der Waals surface area contributed by atoms with Gasteiger partial charge in [-0.3, -0.25) is 4.72 Å². The zero-order valence-corrected chi connectivity index (χ0v) is 13.6. The Hall–Kier alpha value is -0.590. The van der Waals surface area contributed by atoms with Crippen LogP contribution in [0.5, 0.6) is 0 Å². The summed E-state index contributed by atoms with van der Waals surface area (Å²) < 4.78 is 29.8. The molecule has 4 nitrogen and oxygen atoms in total. The molecule has 0 spiro atoms. The van der Waals surface area contributed by atoms with Crippen molar-refractivity contribution < 1.29 is 8.42 Å². The summed E-state index contributed by atoms with van der Waals surface area (Å²) in [5, 5.41) is 0.